The average molecular weight is 521 g/mol. The quantitative estimate of drug-likeness (QED) is 0.403. The number of morpholine rings is 1. The van der Waals surface area contributed by atoms with E-state index in [9.17, 15) is 4.79 Å². The Labute approximate surface area is 217 Å². The molecule has 0 spiro atoms. The van der Waals surface area contributed by atoms with E-state index in [0.717, 1.165) is 57.9 Å². The van der Waals surface area contributed by atoms with Gasteiger partial charge in [-0.25, -0.2) is 14.4 Å². The number of H-pyrrole nitrogens is 1. The van der Waals surface area contributed by atoms with E-state index in [-0.39, 0.29) is 17.8 Å². The van der Waals surface area contributed by atoms with Gasteiger partial charge in [-0.3, -0.25) is 9.69 Å². The van der Waals surface area contributed by atoms with Gasteiger partial charge in [0.05, 0.1) is 34.6 Å². The molecule has 7 rings (SSSR count). The highest BCUT2D eigenvalue weighted by Gasteiger charge is 2.31. The van der Waals surface area contributed by atoms with Gasteiger partial charge in [0, 0.05) is 61.2 Å². The van der Waals surface area contributed by atoms with Gasteiger partial charge in [-0.2, -0.15) is 0 Å². The average Bonchev–Trinajstić information content (AvgIpc) is 3.43. The molecule has 2 saturated heterocycles. The number of benzene rings is 1. The number of piperazine rings is 1. The summed E-state index contributed by atoms with van der Waals surface area (Å²) in [5.41, 5.74) is 2.82. The number of nitrogens with zero attached hydrogens (tertiary/aromatic N) is 4. The maximum atomic E-state index is 15.1. The lowest BCUT2D eigenvalue weighted by molar-refractivity contribution is -0.136. The van der Waals surface area contributed by atoms with Gasteiger partial charge in [-0.05, 0) is 43.0 Å². The smallest absolute Gasteiger partial charge is 0.236 e. The molecule has 5 heterocycles. The zero-order chi connectivity index (χ0) is 24.9. The van der Waals surface area contributed by atoms with Crippen molar-refractivity contribution >= 4 is 38.4 Å². The third-order valence-electron chi connectivity index (χ3n) is 7.54. The van der Waals surface area contributed by atoms with Crippen molar-refractivity contribution in [2.45, 2.75) is 25.5 Å². The Balaban J connectivity index is 1.23. The normalized spacial score (nSPS) is 21.4. The molecule has 2 N–H and O–H groups in total. The summed E-state index contributed by atoms with van der Waals surface area (Å²) >= 11 is 1.65. The van der Waals surface area contributed by atoms with E-state index in [1.54, 1.807) is 23.6 Å². The predicted octanol–water partition coefficient (Wildman–Crippen LogP) is 3.69. The van der Waals surface area contributed by atoms with Crippen molar-refractivity contribution in [2.24, 2.45) is 5.92 Å². The minimum atomic E-state index is -0.349. The summed E-state index contributed by atoms with van der Waals surface area (Å²) in [6.07, 6.45) is 4.08. The highest BCUT2D eigenvalue weighted by Crippen LogP contribution is 2.37. The van der Waals surface area contributed by atoms with Crippen molar-refractivity contribution in [1.29, 1.82) is 0 Å². The third-order valence-corrected chi connectivity index (χ3v) is 8.67. The standard InChI is InChI=1S/C27H29FN6O2S/c28-19-3-4-20-18(5-6-30-20)24(19)27-31-21-11-17(37-26(21)25(32-27)22-12-29-7-10-36-22)14-33-8-9-34(23(35)15-33)13-16-1-2-16/h3-6,11,16,22,29-30H,1-2,7-10,12-15H2. The molecule has 3 aliphatic rings. The molecule has 1 amide bonds. The second-order valence-electron chi connectivity index (χ2n) is 10.3. The molecule has 0 bridgehead atoms. The van der Waals surface area contributed by atoms with Crippen molar-refractivity contribution < 1.29 is 13.9 Å². The van der Waals surface area contributed by atoms with E-state index < -0.39 is 0 Å². The summed E-state index contributed by atoms with van der Waals surface area (Å²) < 4.78 is 22.2. The van der Waals surface area contributed by atoms with E-state index in [1.807, 2.05) is 11.0 Å². The lowest BCUT2D eigenvalue weighted by Gasteiger charge is -2.34. The van der Waals surface area contributed by atoms with E-state index >= 15 is 4.39 Å². The molecule has 1 unspecified atom stereocenters. The van der Waals surface area contributed by atoms with E-state index in [2.05, 4.69) is 21.3 Å². The monoisotopic (exact) mass is 520 g/mol. The summed E-state index contributed by atoms with van der Waals surface area (Å²) in [5, 5.41) is 4.14. The van der Waals surface area contributed by atoms with Crippen molar-refractivity contribution in [1.82, 2.24) is 30.1 Å². The summed E-state index contributed by atoms with van der Waals surface area (Å²) in [7, 11) is 0. The van der Waals surface area contributed by atoms with Crippen molar-refractivity contribution in [3.63, 3.8) is 0 Å². The number of hydrogen-bond donors (Lipinski definition) is 2. The minimum Gasteiger partial charge on any atom is -0.369 e. The molecular weight excluding hydrogens is 491 g/mol. The Morgan fingerprint density at radius 2 is 2.11 bits per heavy atom. The molecule has 1 saturated carbocycles. The number of aromatic amines is 1. The van der Waals surface area contributed by atoms with Gasteiger partial charge in [-0.15, -0.1) is 11.3 Å². The number of aromatic nitrogens is 3. The lowest BCUT2D eigenvalue weighted by atomic mass is 10.1. The molecule has 3 aromatic heterocycles. The number of thiophene rings is 1. The van der Waals surface area contributed by atoms with Crippen molar-refractivity contribution in [3.05, 3.63) is 46.9 Å². The molecule has 37 heavy (non-hydrogen) atoms. The highest BCUT2D eigenvalue weighted by atomic mass is 32.1. The van der Waals surface area contributed by atoms with Crippen molar-refractivity contribution in [2.75, 3.05) is 45.9 Å². The van der Waals surface area contributed by atoms with Crippen LogP contribution in [0.2, 0.25) is 0 Å². The number of amides is 1. The first-order valence-electron chi connectivity index (χ1n) is 13.0. The fourth-order valence-corrected chi connectivity index (χ4v) is 6.57. The van der Waals surface area contributed by atoms with Crippen LogP contribution < -0.4 is 5.32 Å². The minimum absolute atomic E-state index is 0.221. The molecule has 8 nitrogen and oxygen atoms in total. The first-order valence-corrected chi connectivity index (χ1v) is 13.8. The molecule has 1 atom stereocenters. The Morgan fingerprint density at radius 3 is 2.92 bits per heavy atom. The van der Waals surface area contributed by atoms with Crippen LogP contribution >= 0.6 is 11.3 Å². The van der Waals surface area contributed by atoms with Gasteiger partial charge in [-0.1, -0.05) is 0 Å². The van der Waals surface area contributed by atoms with Crippen LogP contribution in [0.5, 0.6) is 0 Å². The zero-order valence-corrected chi connectivity index (χ0v) is 21.3. The predicted molar refractivity (Wildman–Crippen MR) is 141 cm³/mol. The number of nitrogens with one attached hydrogen (secondary N) is 2. The maximum Gasteiger partial charge on any atom is 0.236 e. The van der Waals surface area contributed by atoms with Crippen LogP contribution in [-0.2, 0) is 16.1 Å². The molecule has 10 heteroatoms. The fraction of sp³-hybridized carbons (Fsp3) is 0.444. The first-order chi connectivity index (χ1) is 18.1. The molecular formula is C27H29FN6O2S. The van der Waals surface area contributed by atoms with Crippen LogP contribution in [-0.4, -0.2) is 76.5 Å². The second-order valence-corrected chi connectivity index (χ2v) is 11.4. The second kappa shape index (κ2) is 9.43. The summed E-state index contributed by atoms with van der Waals surface area (Å²) in [4.78, 5) is 31.0. The van der Waals surface area contributed by atoms with E-state index in [0.29, 0.717) is 43.5 Å². The van der Waals surface area contributed by atoms with Crippen LogP contribution in [0.1, 0.15) is 29.5 Å². The Hall–Kier alpha value is -2.92. The number of rotatable bonds is 6. The number of carbonyl (C=O) groups is 1. The van der Waals surface area contributed by atoms with E-state index in [4.69, 9.17) is 14.7 Å². The molecule has 2 aliphatic heterocycles. The Bertz CT molecular complexity index is 1470. The van der Waals surface area contributed by atoms with Crippen LogP contribution in [0.25, 0.3) is 32.5 Å². The SMILES string of the molecule is O=C1CN(Cc2cc3nc(-c4c(F)ccc5[nH]ccc45)nc(C4CNCCO4)c3s2)CCN1CC1CC1. The van der Waals surface area contributed by atoms with Crippen LogP contribution in [0, 0.1) is 11.7 Å². The maximum absolute atomic E-state index is 15.1. The molecule has 3 fully saturated rings. The molecule has 192 valence electrons. The number of carbonyl (C=O) groups excluding carboxylic acids is 1. The summed E-state index contributed by atoms with van der Waals surface area (Å²) in [5.74, 6) is 0.951. The van der Waals surface area contributed by atoms with Gasteiger partial charge >= 0.3 is 0 Å². The Kier molecular flexibility index (Phi) is 5.92. The number of ether oxygens (including phenoxy) is 1. The van der Waals surface area contributed by atoms with Crippen LogP contribution in [0.15, 0.2) is 30.5 Å². The zero-order valence-electron chi connectivity index (χ0n) is 20.5. The van der Waals surface area contributed by atoms with Gasteiger partial charge in [0.25, 0.3) is 0 Å². The highest BCUT2D eigenvalue weighted by molar-refractivity contribution is 7.19. The Morgan fingerprint density at radius 1 is 1.19 bits per heavy atom. The molecule has 1 aromatic carbocycles. The largest absolute Gasteiger partial charge is 0.369 e. The number of hydrogen-bond acceptors (Lipinski definition) is 7. The van der Waals surface area contributed by atoms with Crippen LogP contribution in [0.3, 0.4) is 0 Å². The van der Waals surface area contributed by atoms with Gasteiger partial charge < -0.3 is 19.9 Å². The van der Waals surface area contributed by atoms with Gasteiger partial charge in [0.15, 0.2) is 5.82 Å². The summed E-state index contributed by atoms with van der Waals surface area (Å²) in [6.45, 7) is 5.74. The van der Waals surface area contributed by atoms with E-state index in [1.165, 1.54) is 18.9 Å². The lowest BCUT2D eigenvalue weighted by Crippen LogP contribution is -2.50. The topological polar surface area (TPSA) is 86.4 Å². The third kappa shape index (κ3) is 4.52. The fourth-order valence-electron chi connectivity index (χ4n) is 5.40. The summed E-state index contributed by atoms with van der Waals surface area (Å²) in [6, 6.07) is 7.12. The number of halogens is 1. The number of fused-ring (bicyclic) bond motifs is 2. The van der Waals surface area contributed by atoms with Crippen molar-refractivity contribution in [3.8, 4) is 11.4 Å². The molecule has 4 aromatic rings. The molecule has 0 radical (unpaired) electrons. The van der Waals surface area contributed by atoms with Crippen LogP contribution in [0.4, 0.5) is 4.39 Å². The van der Waals surface area contributed by atoms with Gasteiger partial charge in [0.1, 0.15) is 11.9 Å². The van der Waals surface area contributed by atoms with Gasteiger partial charge in [0.2, 0.25) is 5.91 Å². The first kappa shape index (κ1) is 23.2. The molecule has 1 aliphatic carbocycles.